The highest BCUT2D eigenvalue weighted by molar-refractivity contribution is 8.05. The summed E-state index contributed by atoms with van der Waals surface area (Å²) in [5.41, 5.74) is 2.21. The lowest BCUT2D eigenvalue weighted by atomic mass is 10.1. The minimum Gasteiger partial charge on any atom is -0.357 e. The molecule has 1 heterocycles. The van der Waals surface area contributed by atoms with Gasteiger partial charge in [-0.05, 0) is 41.8 Å². The summed E-state index contributed by atoms with van der Waals surface area (Å²) in [4.78, 5) is 23.1. The minimum atomic E-state index is -0.545. The van der Waals surface area contributed by atoms with E-state index >= 15 is 0 Å². The van der Waals surface area contributed by atoms with E-state index in [9.17, 15) is 14.9 Å². The number of halogens is 1. The van der Waals surface area contributed by atoms with Gasteiger partial charge in [0.15, 0.2) is 5.50 Å². The zero-order valence-electron chi connectivity index (χ0n) is 13.9. The fraction of sp³-hybridized carbons (Fsp3) is 0.167. The van der Waals surface area contributed by atoms with Crippen molar-refractivity contribution in [3.05, 3.63) is 73.6 Å². The first-order chi connectivity index (χ1) is 12.5. The van der Waals surface area contributed by atoms with Crippen LogP contribution in [0, 0.1) is 10.1 Å². The maximum Gasteiger partial charge on any atom is 0.288 e. The van der Waals surface area contributed by atoms with Gasteiger partial charge in [-0.3, -0.25) is 14.9 Å². The van der Waals surface area contributed by atoms with E-state index in [4.69, 9.17) is 11.6 Å². The molecule has 0 aromatic heterocycles. The van der Waals surface area contributed by atoms with Crippen molar-refractivity contribution in [2.75, 3.05) is 5.32 Å². The first-order valence-corrected chi connectivity index (χ1v) is 9.20. The molecule has 0 unspecified atom stereocenters. The first kappa shape index (κ1) is 18.3. The number of nitro benzene ring substituents is 1. The number of benzene rings is 2. The fourth-order valence-corrected chi connectivity index (χ4v) is 3.64. The summed E-state index contributed by atoms with van der Waals surface area (Å²) in [5, 5.41) is 17.1. The van der Waals surface area contributed by atoms with Crippen LogP contribution in [0.1, 0.15) is 18.1 Å². The molecule has 6 nitrogen and oxygen atoms in total. The van der Waals surface area contributed by atoms with Gasteiger partial charge in [0.1, 0.15) is 5.02 Å². The van der Waals surface area contributed by atoms with Crippen LogP contribution in [0.15, 0.2) is 47.4 Å². The average molecular weight is 390 g/mol. The average Bonchev–Trinajstić information content (AvgIpc) is 2.96. The number of aryl methyl sites for hydroxylation is 1. The van der Waals surface area contributed by atoms with E-state index in [0.29, 0.717) is 10.5 Å². The van der Waals surface area contributed by atoms with E-state index < -0.39 is 4.92 Å². The molecule has 0 bridgehead atoms. The van der Waals surface area contributed by atoms with E-state index in [1.54, 1.807) is 12.1 Å². The summed E-state index contributed by atoms with van der Waals surface area (Å²) in [6.07, 6.45) is 2.58. The molecule has 3 rings (SSSR count). The number of carbonyl (C=O) groups excluding carboxylic acids is 1. The number of hydrogen-bond donors (Lipinski definition) is 2. The molecule has 8 heteroatoms. The zero-order valence-corrected chi connectivity index (χ0v) is 15.4. The van der Waals surface area contributed by atoms with Crippen LogP contribution in [0.25, 0.3) is 6.08 Å². The summed E-state index contributed by atoms with van der Waals surface area (Å²) in [5.74, 6) is -0.227. The number of nitro groups is 1. The molecule has 0 aliphatic carbocycles. The van der Waals surface area contributed by atoms with Crippen LogP contribution in [-0.4, -0.2) is 16.3 Å². The quantitative estimate of drug-likeness (QED) is 0.449. The lowest BCUT2D eigenvalue weighted by molar-refractivity contribution is -0.384. The molecular formula is C18H16ClN3O3S. The number of hydrogen-bond acceptors (Lipinski definition) is 5. The Labute approximate surface area is 159 Å². The number of nitrogens with zero attached hydrogens (tertiary/aromatic N) is 1. The number of anilines is 1. The lowest BCUT2D eigenvalue weighted by Gasteiger charge is -2.12. The predicted octanol–water partition coefficient (Wildman–Crippen LogP) is 4.41. The lowest BCUT2D eigenvalue weighted by Crippen LogP contribution is -2.30. The number of amides is 1. The van der Waals surface area contributed by atoms with Crippen molar-refractivity contribution in [1.29, 1.82) is 0 Å². The van der Waals surface area contributed by atoms with Crippen molar-refractivity contribution < 1.29 is 9.72 Å². The number of rotatable bonds is 5. The molecule has 1 saturated heterocycles. The molecule has 0 spiro atoms. The monoisotopic (exact) mass is 389 g/mol. The zero-order chi connectivity index (χ0) is 18.7. The van der Waals surface area contributed by atoms with E-state index in [1.807, 2.05) is 24.3 Å². The van der Waals surface area contributed by atoms with Crippen molar-refractivity contribution in [2.45, 2.75) is 18.8 Å². The van der Waals surface area contributed by atoms with Crippen molar-refractivity contribution in [1.82, 2.24) is 5.32 Å². The predicted molar refractivity (Wildman–Crippen MR) is 105 cm³/mol. The van der Waals surface area contributed by atoms with Gasteiger partial charge < -0.3 is 10.6 Å². The van der Waals surface area contributed by atoms with Gasteiger partial charge in [-0.2, -0.15) is 0 Å². The van der Waals surface area contributed by atoms with Gasteiger partial charge in [0.25, 0.3) is 11.6 Å². The molecule has 26 heavy (non-hydrogen) atoms. The second-order valence-corrected chi connectivity index (χ2v) is 7.20. The van der Waals surface area contributed by atoms with Crippen LogP contribution in [0.5, 0.6) is 0 Å². The second kappa shape index (κ2) is 7.80. The van der Waals surface area contributed by atoms with Gasteiger partial charge in [0.05, 0.1) is 9.83 Å². The van der Waals surface area contributed by atoms with Crippen molar-refractivity contribution in [3.63, 3.8) is 0 Å². The van der Waals surface area contributed by atoms with Crippen LogP contribution in [0.4, 0.5) is 11.4 Å². The Hall–Kier alpha value is -2.51. The number of nitrogens with one attached hydrogen (secondary N) is 2. The third kappa shape index (κ3) is 4.17. The van der Waals surface area contributed by atoms with Gasteiger partial charge in [0.2, 0.25) is 0 Å². The second-order valence-electron chi connectivity index (χ2n) is 5.64. The van der Waals surface area contributed by atoms with Crippen LogP contribution in [0.2, 0.25) is 5.02 Å². The summed E-state index contributed by atoms with van der Waals surface area (Å²) in [6, 6.07) is 12.5. The molecular weight excluding hydrogens is 374 g/mol. The Balaban J connectivity index is 1.73. The van der Waals surface area contributed by atoms with Crippen LogP contribution >= 0.6 is 23.4 Å². The summed E-state index contributed by atoms with van der Waals surface area (Å²) < 4.78 is 0. The Morgan fingerprint density at radius 2 is 2.04 bits per heavy atom. The Bertz CT molecular complexity index is 884. The molecule has 2 aromatic carbocycles. The van der Waals surface area contributed by atoms with Crippen LogP contribution in [-0.2, 0) is 11.2 Å². The molecule has 2 N–H and O–H groups in total. The standard InChI is InChI=1S/C18H16ClN3O3S/c1-2-11-3-6-13(7-4-11)20-18-21-17(23)16(26-18)10-12-5-8-14(19)15(9-12)22(24)25/h3-10,18,20H,2H2,1H3,(H,21,23)/b16-10-/t18-/m0/s1. The molecule has 0 radical (unpaired) electrons. The van der Waals surface area contributed by atoms with Gasteiger partial charge in [-0.1, -0.05) is 48.5 Å². The smallest absolute Gasteiger partial charge is 0.288 e. The Morgan fingerprint density at radius 3 is 2.69 bits per heavy atom. The summed E-state index contributed by atoms with van der Waals surface area (Å²) in [6.45, 7) is 2.09. The molecule has 0 saturated carbocycles. The molecule has 1 fully saturated rings. The summed E-state index contributed by atoms with van der Waals surface area (Å²) in [7, 11) is 0. The molecule has 2 aromatic rings. The van der Waals surface area contributed by atoms with E-state index in [2.05, 4.69) is 17.6 Å². The molecule has 1 aliphatic rings. The van der Waals surface area contributed by atoms with E-state index in [0.717, 1.165) is 12.1 Å². The first-order valence-electron chi connectivity index (χ1n) is 7.95. The normalized spacial score (nSPS) is 18.0. The largest absolute Gasteiger partial charge is 0.357 e. The highest BCUT2D eigenvalue weighted by Gasteiger charge is 2.27. The SMILES string of the molecule is CCc1ccc(N[C@H]2NC(=O)/C(=C/c3ccc(Cl)c([N+](=O)[O-])c3)S2)cc1. The number of carbonyl (C=O) groups is 1. The third-order valence-electron chi connectivity index (χ3n) is 3.86. The fourth-order valence-electron chi connectivity index (χ4n) is 2.46. The van der Waals surface area contributed by atoms with Crippen molar-refractivity contribution in [3.8, 4) is 0 Å². The maximum absolute atomic E-state index is 12.2. The van der Waals surface area contributed by atoms with Gasteiger partial charge >= 0.3 is 0 Å². The van der Waals surface area contributed by atoms with Gasteiger partial charge in [0, 0.05) is 11.8 Å². The Morgan fingerprint density at radius 1 is 1.31 bits per heavy atom. The Kier molecular flexibility index (Phi) is 5.49. The molecule has 1 atom stereocenters. The van der Waals surface area contributed by atoms with Crippen molar-refractivity contribution >= 4 is 46.7 Å². The third-order valence-corrected chi connectivity index (χ3v) is 5.20. The van der Waals surface area contributed by atoms with E-state index in [1.165, 1.54) is 29.5 Å². The van der Waals surface area contributed by atoms with Crippen LogP contribution < -0.4 is 10.6 Å². The minimum absolute atomic E-state index is 0.0655. The van der Waals surface area contributed by atoms with Gasteiger partial charge in [-0.25, -0.2) is 0 Å². The molecule has 134 valence electrons. The summed E-state index contributed by atoms with van der Waals surface area (Å²) >= 11 is 7.14. The van der Waals surface area contributed by atoms with Crippen molar-refractivity contribution in [2.24, 2.45) is 0 Å². The highest BCUT2D eigenvalue weighted by Crippen LogP contribution is 2.32. The van der Waals surface area contributed by atoms with E-state index in [-0.39, 0.29) is 22.1 Å². The maximum atomic E-state index is 12.2. The van der Waals surface area contributed by atoms with Gasteiger partial charge in [-0.15, -0.1) is 0 Å². The highest BCUT2D eigenvalue weighted by atomic mass is 35.5. The topological polar surface area (TPSA) is 84.3 Å². The van der Waals surface area contributed by atoms with Crippen LogP contribution in [0.3, 0.4) is 0 Å². The molecule has 1 amide bonds. The molecule has 1 aliphatic heterocycles. The number of thioether (sulfide) groups is 1.